The van der Waals surface area contributed by atoms with E-state index in [9.17, 15) is 9.18 Å². The number of urea groups is 1. The molecule has 162 valence electrons. The molecule has 1 aliphatic rings. The molecule has 1 fully saturated rings. The normalized spacial score (nSPS) is 13.6. The second-order valence-electron chi connectivity index (χ2n) is 7.23. The molecule has 1 aliphatic heterocycles. The van der Waals surface area contributed by atoms with Gasteiger partial charge in [-0.1, -0.05) is 29.8 Å². The Balaban J connectivity index is 1.43. The minimum atomic E-state index is -0.496. The van der Waals surface area contributed by atoms with Gasteiger partial charge in [0.2, 0.25) is 5.95 Å². The maximum atomic E-state index is 14.7. The lowest BCUT2D eigenvalue weighted by molar-refractivity contribution is 0.219. The van der Waals surface area contributed by atoms with Gasteiger partial charge in [0.25, 0.3) is 0 Å². The minimum absolute atomic E-state index is 0.0807. The predicted molar refractivity (Wildman–Crippen MR) is 125 cm³/mol. The van der Waals surface area contributed by atoms with Crippen molar-refractivity contribution in [3.63, 3.8) is 0 Å². The SMILES string of the molecule is O=C1NCCN1CCNc1ncc(F)c(-c2cc3cccc(-c4ccncc4Cl)c3s2)n1. The first-order valence-corrected chi connectivity index (χ1v) is 11.2. The van der Waals surface area contributed by atoms with E-state index in [1.54, 1.807) is 17.3 Å². The summed E-state index contributed by atoms with van der Waals surface area (Å²) in [5.74, 6) is -0.180. The van der Waals surface area contributed by atoms with Gasteiger partial charge in [-0.15, -0.1) is 11.3 Å². The first kappa shape index (κ1) is 20.6. The topological polar surface area (TPSA) is 83.0 Å². The van der Waals surface area contributed by atoms with Crippen LogP contribution in [0.25, 0.3) is 31.8 Å². The molecule has 1 saturated heterocycles. The largest absolute Gasteiger partial charge is 0.352 e. The number of rotatable bonds is 6. The molecule has 0 aliphatic carbocycles. The fourth-order valence-corrected chi connectivity index (χ4v) is 5.04. The monoisotopic (exact) mass is 468 g/mol. The molecule has 7 nitrogen and oxygen atoms in total. The average molecular weight is 469 g/mol. The summed E-state index contributed by atoms with van der Waals surface area (Å²) in [6.45, 7) is 2.30. The van der Waals surface area contributed by atoms with Crippen molar-refractivity contribution >= 4 is 45.0 Å². The number of halogens is 2. The summed E-state index contributed by atoms with van der Waals surface area (Å²) in [5.41, 5.74) is 2.06. The van der Waals surface area contributed by atoms with Gasteiger partial charge in [-0.25, -0.2) is 19.2 Å². The second-order valence-corrected chi connectivity index (χ2v) is 8.69. The van der Waals surface area contributed by atoms with Gasteiger partial charge in [0.1, 0.15) is 5.69 Å². The van der Waals surface area contributed by atoms with Crippen LogP contribution in [0.4, 0.5) is 15.1 Å². The van der Waals surface area contributed by atoms with Crippen LogP contribution in [-0.2, 0) is 0 Å². The van der Waals surface area contributed by atoms with Crippen LogP contribution in [0.2, 0.25) is 5.02 Å². The quantitative estimate of drug-likeness (QED) is 0.430. The molecular formula is C22H18ClFN6OS. The maximum Gasteiger partial charge on any atom is 0.317 e. The van der Waals surface area contributed by atoms with Crippen LogP contribution in [0.5, 0.6) is 0 Å². The molecule has 4 heterocycles. The summed E-state index contributed by atoms with van der Waals surface area (Å²) in [7, 11) is 0. The van der Waals surface area contributed by atoms with Crippen molar-refractivity contribution < 1.29 is 9.18 Å². The van der Waals surface area contributed by atoms with Crippen molar-refractivity contribution in [2.75, 3.05) is 31.5 Å². The Morgan fingerprint density at radius 3 is 2.97 bits per heavy atom. The number of thiophene rings is 1. The third-order valence-corrected chi connectivity index (χ3v) is 6.69. The van der Waals surface area contributed by atoms with E-state index in [0.29, 0.717) is 42.0 Å². The van der Waals surface area contributed by atoms with Crippen molar-refractivity contribution in [2.24, 2.45) is 0 Å². The van der Waals surface area contributed by atoms with E-state index < -0.39 is 5.82 Å². The Hall–Kier alpha value is -3.30. The fourth-order valence-electron chi connectivity index (χ4n) is 3.64. The second kappa shape index (κ2) is 8.68. The lowest BCUT2D eigenvalue weighted by Crippen LogP contribution is -2.32. The van der Waals surface area contributed by atoms with Crippen molar-refractivity contribution in [1.82, 2.24) is 25.2 Å². The first-order valence-electron chi connectivity index (χ1n) is 10.0. The highest BCUT2D eigenvalue weighted by Gasteiger charge is 2.19. The summed E-state index contributed by atoms with van der Waals surface area (Å²) in [6, 6.07) is 9.62. The molecule has 32 heavy (non-hydrogen) atoms. The van der Waals surface area contributed by atoms with E-state index >= 15 is 0 Å². The lowest BCUT2D eigenvalue weighted by atomic mass is 10.1. The van der Waals surface area contributed by atoms with Crippen molar-refractivity contribution in [3.8, 4) is 21.7 Å². The maximum absolute atomic E-state index is 14.7. The number of pyridine rings is 1. The van der Waals surface area contributed by atoms with Crippen molar-refractivity contribution in [1.29, 1.82) is 0 Å². The number of nitrogens with one attached hydrogen (secondary N) is 2. The summed E-state index contributed by atoms with van der Waals surface area (Å²) in [5, 5.41) is 7.37. The van der Waals surface area contributed by atoms with Crippen molar-refractivity contribution in [2.45, 2.75) is 0 Å². The Morgan fingerprint density at radius 1 is 1.25 bits per heavy atom. The molecule has 0 saturated carbocycles. The van der Waals surface area contributed by atoms with Gasteiger partial charge in [-0.05, 0) is 17.5 Å². The highest BCUT2D eigenvalue weighted by Crippen LogP contribution is 2.41. The summed E-state index contributed by atoms with van der Waals surface area (Å²) < 4.78 is 15.6. The molecule has 4 aromatic rings. The summed E-state index contributed by atoms with van der Waals surface area (Å²) >= 11 is 7.81. The van der Waals surface area contributed by atoms with Crippen LogP contribution in [-0.4, -0.2) is 52.1 Å². The molecule has 0 unspecified atom stereocenters. The Kier molecular flexibility index (Phi) is 5.59. The third kappa shape index (κ3) is 3.96. The number of hydrogen-bond acceptors (Lipinski definition) is 6. The van der Waals surface area contributed by atoms with E-state index in [4.69, 9.17) is 11.6 Å². The number of anilines is 1. The lowest BCUT2D eigenvalue weighted by Gasteiger charge is -2.14. The molecule has 0 spiro atoms. The molecule has 0 radical (unpaired) electrons. The molecule has 5 rings (SSSR count). The van der Waals surface area contributed by atoms with Crippen LogP contribution in [0.3, 0.4) is 0 Å². The van der Waals surface area contributed by atoms with Crippen LogP contribution >= 0.6 is 22.9 Å². The number of benzene rings is 1. The van der Waals surface area contributed by atoms with E-state index in [-0.39, 0.29) is 11.7 Å². The first-order chi connectivity index (χ1) is 15.6. The summed E-state index contributed by atoms with van der Waals surface area (Å²) in [4.78, 5) is 26.5. The van der Waals surface area contributed by atoms with E-state index in [2.05, 4.69) is 25.6 Å². The molecule has 0 atom stereocenters. The van der Waals surface area contributed by atoms with Crippen LogP contribution in [0.15, 0.2) is 48.9 Å². The molecule has 0 bridgehead atoms. The zero-order chi connectivity index (χ0) is 22.1. The number of amides is 2. The highest BCUT2D eigenvalue weighted by molar-refractivity contribution is 7.22. The number of nitrogens with zero attached hydrogens (tertiary/aromatic N) is 4. The van der Waals surface area contributed by atoms with E-state index in [1.165, 1.54) is 11.3 Å². The van der Waals surface area contributed by atoms with Crippen LogP contribution < -0.4 is 10.6 Å². The minimum Gasteiger partial charge on any atom is -0.352 e. The van der Waals surface area contributed by atoms with Crippen LogP contribution in [0, 0.1) is 5.82 Å². The molecule has 2 amide bonds. The Morgan fingerprint density at radius 2 is 2.16 bits per heavy atom. The average Bonchev–Trinajstić information content (AvgIpc) is 3.41. The molecule has 1 aromatic carbocycles. The van der Waals surface area contributed by atoms with Crippen molar-refractivity contribution in [3.05, 3.63) is 59.8 Å². The van der Waals surface area contributed by atoms with Gasteiger partial charge in [0.05, 0.1) is 16.1 Å². The molecule has 10 heteroatoms. The standard InChI is InChI=1S/C22H18ClFN6OS/c23-16-11-25-5-4-14(16)15-3-1-2-13-10-18(32-20(13)15)19-17(24)12-28-21(29-19)26-6-8-30-9-7-27-22(30)31/h1-5,10-12H,6-9H2,(H,27,31)(H,26,28,29). The Bertz CT molecular complexity index is 1310. The van der Waals surface area contributed by atoms with E-state index in [0.717, 1.165) is 27.4 Å². The fraction of sp³-hybridized carbons (Fsp3) is 0.182. The highest BCUT2D eigenvalue weighted by atomic mass is 35.5. The zero-order valence-electron chi connectivity index (χ0n) is 16.8. The van der Waals surface area contributed by atoms with Gasteiger partial charge >= 0.3 is 6.03 Å². The third-order valence-electron chi connectivity index (χ3n) is 5.19. The van der Waals surface area contributed by atoms with Gasteiger partial charge in [0.15, 0.2) is 5.82 Å². The number of carbonyl (C=O) groups is 1. The number of aromatic nitrogens is 3. The van der Waals surface area contributed by atoms with Crippen LogP contribution in [0.1, 0.15) is 0 Å². The number of hydrogen-bond donors (Lipinski definition) is 2. The number of fused-ring (bicyclic) bond motifs is 1. The molecular weight excluding hydrogens is 451 g/mol. The summed E-state index contributed by atoms with van der Waals surface area (Å²) in [6.07, 6.45) is 4.47. The molecule has 2 N–H and O–H groups in total. The van der Waals surface area contributed by atoms with Gasteiger partial charge < -0.3 is 15.5 Å². The number of carbonyl (C=O) groups excluding carboxylic acids is 1. The Labute approximate surface area is 192 Å². The molecule has 3 aromatic heterocycles. The zero-order valence-corrected chi connectivity index (χ0v) is 18.4. The van der Waals surface area contributed by atoms with Gasteiger partial charge in [0, 0.05) is 54.4 Å². The van der Waals surface area contributed by atoms with Gasteiger partial charge in [-0.2, -0.15) is 0 Å². The van der Waals surface area contributed by atoms with Gasteiger partial charge in [-0.3, -0.25) is 4.98 Å². The van der Waals surface area contributed by atoms with E-state index in [1.807, 2.05) is 30.3 Å². The smallest absolute Gasteiger partial charge is 0.317 e. The predicted octanol–water partition coefficient (Wildman–Crippen LogP) is 4.65.